The summed E-state index contributed by atoms with van der Waals surface area (Å²) < 4.78 is 1.78. The van der Waals surface area contributed by atoms with Gasteiger partial charge in [0.15, 0.2) is 0 Å². The van der Waals surface area contributed by atoms with Crippen LogP contribution in [0.3, 0.4) is 0 Å². The number of benzene rings is 1. The quantitative estimate of drug-likeness (QED) is 0.710. The van der Waals surface area contributed by atoms with Crippen molar-refractivity contribution in [2.75, 3.05) is 24.5 Å². The molecule has 152 valence electrons. The van der Waals surface area contributed by atoms with Gasteiger partial charge in [0.25, 0.3) is 5.91 Å². The van der Waals surface area contributed by atoms with Gasteiger partial charge in [-0.25, -0.2) is 9.67 Å². The molecule has 0 aliphatic carbocycles. The minimum Gasteiger partial charge on any atom is -0.355 e. The molecule has 0 bridgehead atoms. The molecule has 1 N–H and O–H groups in total. The first-order valence-electron chi connectivity index (χ1n) is 10.2. The van der Waals surface area contributed by atoms with Crippen molar-refractivity contribution in [1.82, 2.24) is 20.1 Å². The molecule has 0 saturated carbocycles. The van der Waals surface area contributed by atoms with Crippen LogP contribution in [-0.4, -0.2) is 40.3 Å². The second-order valence-electron chi connectivity index (χ2n) is 7.34. The monoisotopic (exact) mass is 400 g/mol. The number of hydrogen-bond acceptors (Lipinski definition) is 5. The summed E-state index contributed by atoms with van der Waals surface area (Å²) in [7, 11) is 0. The number of para-hydroxylation sites is 1. The average molecular weight is 400 g/mol. The highest BCUT2D eigenvalue weighted by Gasteiger charge is 2.29. The molecule has 2 aromatic heterocycles. The Balaban J connectivity index is 1.69. The fraction of sp³-hybridized carbons (Fsp3) is 0.304. The summed E-state index contributed by atoms with van der Waals surface area (Å²) in [6, 6.07) is 15.6. The van der Waals surface area contributed by atoms with Crippen LogP contribution in [0.25, 0.3) is 5.69 Å². The van der Waals surface area contributed by atoms with Crippen LogP contribution in [0.5, 0.6) is 0 Å². The summed E-state index contributed by atoms with van der Waals surface area (Å²) in [5.41, 5.74) is 2.88. The van der Waals surface area contributed by atoms with Crippen molar-refractivity contribution in [3.05, 3.63) is 71.7 Å². The Hall–Kier alpha value is -3.66. The number of rotatable bonds is 5. The Labute approximate surface area is 176 Å². The van der Waals surface area contributed by atoms with E-state index in [0.717, 1.165) is 30.8 Å². The molecular weight excluding hydrogens is 376 g/mol. The van der Waals surface area contributed by atoms with Crippen molar-refractivity contribution in [2.45, 2.75) is 25.7 Å². The maximum absolute atomic E-state index is 12.8. The van der Waals surface area contributed by atoms with E-state index < -0.39 is 0 Å². The lowest BCUT2D eigenvalue weighted by Crippen LogP contribution is -2.36. The molecule has 0 radical (unpaired) electrons. The number of carbonyl (C=O) groups is 1. The molecule has 1 saturated heterocycles. The zero-order valence-electron chi connectivity index (χ0n) is 17.0. The number of amides is 1. The van der Waals surface area contributed by atoms with E-state index in [-0.39, 0.29) is 11.8 Å². The fourth-order valence-corrected chi connectivity index (χ4v) is 3.96. The van der Waals surface area contributed by atoms with Crippen molar-refractivity contribution in [3.63, 3.8) is 0 Å². The van der Waals surface area contributed by atoms with Gasteiger partial charge in [-0.15, -0.1) is 0 Å². The molecule has 1 amide bonds. The molecule has 7 nitrogen and oxygen atoms in total. The second-order valence-corrected chi connectivity index (χ2v) is 7.34. The Kier molecular flexibility index (Phi) is 5.75. The molecule has 4 rings (SSSR count). The highest BCUT2D eigenvalue weighted by molar-refractivity contribution is 5.95. The summed E-state index contributed by atoms with van der Waals surface area (Å²) in [5, 5.41) is 17.2. The van der Waals surface area contributed by atoms with Gasteiger partial charge < -0.3 is 10.2 Å². The van der Waals surface area contributed by atoms with Gasteiger partial charge in [-0.1, -0.05) is 18.2 Å². The highest BCUT2D eigenvalue weighted by Crippen LogP contribution is 2.32. The third-order valence-corrected chi connectivity index (χ3v) is 5.36. The maximum Gasteiger partial charge on any atom is 0.254 e. The third-order valence-electron chi connectivity index (χ3n) is 5.36. The van der Waals surface area contributed by atoms with Crippen LogP contribution in [0.1, 0.15) is 47.3 Å². The van der Waals surface area contributed by atoms with Gasteiger partial charge in [-0.05, 0) is 44.0 Å². The van der Waals surface area contributed by atoms with Gasteiger partial charge in [0.1, 0.15) is 11.9 Å². The number of nitrogens with one attached hydrogen (secondary N) is 1. The van der Waals surface area contributed by atoms with Gasteiger partial charge in [-0.3, -0.25) is 4.79 Å². The molecule has 1 aliphatic rings. The fourth-order valence-electron chi connectivity index (χ4n) is 3.96. The standard InChI is InChI=1S/C23H24N6O/c1-2-25-23(30)20-16-29(19-10-4-3-5-11-19)27-21(20)18-9-7-13-28(15-18)22-17(14-24)8-6-12-26-22/h3-6,8,10-12,16,18H,2,7,9,13,15H2,1H3,(H,25,30)/t18-/m0/s1. The van der Waals surface area contributed by atoms with E-state index in [1.165, 1.54) is 0 Å². The zero-order chi connectivity index (χ0) is 20.9. The van der Waals surface area contributed by atoms with Crippen LogP contribution >= 0.6 is 0 Å². The van der Waals surface area contributed by atoms with Gasteiger partial charge in [0, 0.05) is 37.9 Å². The number of carbonyl (C=O) groups excluding carboxylic acids is 1. The lowest BCUT2D eigenvalue weighted by atomic mass is 9.92. The predicted molar refractivity (Wildman–Crippen MR) is 115 cm³/mol. The maximum atomic E-state index is 12.8. The van der Waals surface area contributed by atoms with Crippen molar-refractivity contribution >= 4 is 11.7 Å². The number of piperidine rings is 1. The van der Waals surface area contributed by atoms with Crippen LogP contribution in [0.2, 0.25) is 0 Å². The van der Waals surface area contributed by atoms with E-state index in [4.69, 9.17) is 5.10 Å². The van der Waals surface area contributed by atoms with Crippen LogP contribution in [0.4, 0.5) is 5.82 Å². The highest BCUT2D eigenvalue weighted by atomic mass is 16.1. The molecule has 3 heterocycles. The Morgan fingerprint density at radius 3 is 2.87 bits per heavy atom. The normalized spacial score (nSPS) is 16.1. The number of pyridine rings is 1. The molecule has 1 aliphatic heterocycles. The molecule has 30 heavy (non-hydrogen) atoms. The first kappa shape index (κ1) is 19.6. The van der Waals surface area contributed by atoms with Crippen LogP contribution in [0, 0.1) is 11.3 Å². The van der Waals surface area contributed by atoms with E-state index >= 15 is 0 Å². The molecule has 0 spiro atoms. The molecule has 1 aromatic carbocycles. The van der Waals surface area contributed by atoms with E-state index in [1.807, 2.05) is 43.5 Å². The number of nitrogens with zero attached hydrogens (tertiary/aromatic N) is 5. The molecular formula is C23H24N6O. The minimum atomic E-state index is -0.109. The van der Waals surface area contributed by atoms with E-state index in [2.05, 4.69) is 21.3 Å². The van der Waals surface area contributed by atoms with Gasteiger partial charge >= 0.3 is 0 Å². The van der Waals surface area contributed by atoms with Crippen molar-refractivity contribution < 1.29 is 4.79 Å². The summed E-state index contributed by atoms with van der Waals surface area (Å²) in [6.45, 7) is 3.97. The Morgan fingerprint density at radius 2 is 2.10 bits per heavy atom. The van der Waals surface area contributed by atoms with Gasteiger partial charge in [-0.2, -0.15) is 10.4 Å². The van der Waals surface area contributed by atoms with Crippen molar-refractivity contribution in [1.29, 1.82) is 5.26 Å². The molecule has 0 unspecified atom stereocenters. The molecule has 3 aromatic rings. The van der Waals surface area contributed by atoms with E-state index in [1.54, 1.807) is 23.0 Å². The molecule has 1 atom stereocenters. The SMILES string of the molecule is CCNC(=O)c1cn(-c2ccccc2)nc1[C@H]1CCCN(c2ncccc2C#N)C1. The number of aromatic nitrogens is 3. The largest absolute Gasteiger partial charge is 0.355 e. The summed E-state index contributed by atoms with van der Waals surface area (Å²) in [4.78, 5) is 19.3. The minimum absolute atomic E-state index is 0.0786. The van der Waals surface area contributed by atoms with Crippen LogP contribution in [0.15, 0.2) is 54.9 Å². The van der Waals surface area contributed by atoms with Gasteiger partial charge in [0.05, 0.1) is 22.5 Å². The Morgan fingerprint density at radius 1 is 1.27 bits per heavy atom. The topological polar surface area (TPSA) is 86.8 Å². The third kappa shape index (κ3) is 3.90. The summed E-state index contributed by atoms with van der Waals surface area (Å²) in [5.74, 6) is 0.670. The second kappa shape index (κ2) is 8.78. The smallest absolute Gasteiger partial charge is 0.254 e. The van der Waals surface area contributed by atoms with Crippen molar-refractivity contribution in [2.24, 2.45) is 0 Å². The lowest BCUT2D eigenvalue weighted by Gasteiger charge is -2.33. The average Bonchev–Trinajstić information content (AvgIpc) is 3.26. The van der Waals surface area contributed by atoms with E-state index in [0.29, 0.717) is 30.0 Å². The van der Waals surface area contributed by atoms with E-state index in [9.17, 15) is 10.1 Å². The zero-order valence-corrected chi connectivity index (χ0v) is 17.0. The van der Waals surface area contributed by atoms with Crippen molar-refractivity contribution in [3.8, 4) is 11.8 Å². The van der Waals surface area contributed by atoms with Crippen LogP contribution in [-0.2, 0) is 0 Å². The number of nitriles is 1. The predicted octanol–water partition coefficient (Wildman–Crippen LogP) is 3.27. The van der Waals surface area contributed by atoms with Gasteiger partial charge in [0.2, 0.25) is 0 Å². The number of hydrogen-bond donors (Lipinski definition) is 1. The summed E-state index contributed by atoms with van der Waals surface area (Å²) >= 11 is 0. The molecule has 1 fully saturated rings. The number of anilines is 1. The molecule has 7 heteroatoms. The first-order chi connectivity index (χ1) is 14.7. The lowest BCUT2D eigenvalue weighted by molar-refractivity contribution is 0.0954. The van der Waals surface area contributed by atoms with Crippen LogP contribution < -0.4 is 10.2 Å². The summed E-state index contributed by atoms with van der Waals surface area (Å²) in [6.07, 6.45) is 5.41. The first-order valence-corrected chi connectivity index (χ1v) is 10.2. The Bertz CT molecular complexity index is 1070.